The van der Waals surface area contributed by atoms with Crippen LogP contribution in [0.5, 0.6) is 0 Å². The van der Waals surface area contributed by atoms with E-state index in [1.807, 2.05) is 6.07 Å². The van der Waals surface area contributed by atoms with Crippen molar-refractivity contribution in [2.75, 3.05) is 0 Å². The van der Waals surface area contributed by atoms with E-state index in [4.69, 9.17) is 9.59 Å². The van der Waals surface area contributed by atoms with Crippen LogP contribution in [0.4, 0.5) is 5.69 Å². The Morgan fingerprint density at radius 3 is 2.30 bits per heavy atom. The second-order valence-electron chi connectivity index (χ2n) is 2.93. The predicted octanol–water partition coefficient (Wildman–Crippen LogP) is 1.66. The molecule has 0 unspecified atom stereocenters. The number of nitro benzene ring substituents is 1. The zero-order chi connectivity index (χ0) is 14.7. The van der Waals surface area contributed by atoms with Gasteiger partial charge in [-0.2, -0.15) is 0 Å². The zero-order valence-electron chi connectivity index (χ0n) is 9.90. The van der Waals surface area contributed by atoms with Gasteiger partial charge in [0.15, 0.2) is 5.69 Å². The standard InChI is InChI=1S/C11H7N2O2.2CO.Ir/c14-13(15)10-5-3-4-9(8-10)11-6-1-2-7-12-11;2*1-2;/h1-3,5-8H;;;/q3*-1;+3. The topological polar surface area (TPSA) is 90.2 Å². The summed E-state index contributed by atoms with van der Waals surface area (Å²) in [6.45, 7) is 9.00. The van der Waals surface area contributed by atoms with Crippen molar-refractivity contribution < 1.29 is 34.6 Å². The predicted molar refractivity (Wildman–Crippen MR) is 66.6 cm³/mol. The molecule has 2 radical (unpaired) electrons. The van der Waals surface area contributed by atoms with E-state index in [0.29, 0.717) is 11.3 Å². The fraction of sp³-hybridized carbons (Fsp3) is 0. The Hall–Kier alpha value is -2.24. The molecule has 0 fully saturated rings. The monoisotopic (exact) mass is 448 g/mol. The maximum atomic E-state index is 10.6. The van der Waals surface area contributed by atoms with E-state index in [2.05, 4.69) is 24.6 Å². The summed E-state index contributed by atoms with van der Waals surface area (Å²) in [6.07, 6.45) is 1.64. The molecule has 1 aromatic heterocycles. The fourth-order valence-electron chi connectivity index (χ4n) is 1.24. The summed E-state index contributed by atoms with van der Waals surface area (Å²) in [5.41, 5.74) is 1.36. The molecule has 0 amide bonds. The van der Waals surface area contributed by atoms with Gasteiger partial charge in [0.25, 0.3) is 0 Å². The van der Waals surface area contributed by atoms with E-state index in [9.17, 15) is 10.1 Å². The third kappa shape index (κ3) is 6.08. The molecule has 2 aromatic rings. The molecule has 1 heterocycles. The summed E-state index contributed by atoms with van der Waals surface area (Å²) in [5.74, 6) is 0. The molecule has 0 aliphatic rings. The first-order chi connectivity index (χ1) is 9.27. The van der Waals surface area contributed by atoms with Crippen molar-refractivity contribution in [1.82, 2.24) is 4.98 Å². The Morgan fingerprint density at radius 1 is 1.15 bits per heavy atom. The van der Waals surface area contributed by atoms with Crippen molar-refractivity contribution in [3.05, 3.63) is 58.8 Å². The molecule has 2 rings (SSSR count). The van der Waals surface area contributed by atoms with E-state index in [1.165, 1.54) is 18.2 Å². The fourth-order valence-corrected chi connectivity index (χ4v) is 1.24. The summed E-state index contributed by atoms with van der Waals surface area (Å²) < 4.78 is 0. The third-order valence-corrected chi connectivity index (χ3v) is 1.94. The molecular weight excluding hydrogens is 440 g/mol. The van der Waals surface area contributed by atoms with E-state index in [-0.39, 0.29) is 25.8 Å². The van der Waals surface area contributed by atoms with Gasteiger partial charge in [-0.05, 0) is 11.8 Å². The number of nitro groups is 1. The number of nitrogens with zero attached hydrogens (tertiary/aromatic N) is 2. The SMILES string of the molecule is O=[N+]([O-])c1cc[c-]c(-c2ccccn2)c1.[C-]=O.[C-]=O.[Ir+3]. The van der Waals surface area contributed by atoms with Crippen LogP contribution in [0, 0.1) is 16.2 Å². The van der Waals surface area contributed by atoms with Gasteiger partial charge < -0.3 is 28.2 Å². The van der Waals surface area contributed by atoms with Gasteiger partial charge in [0.2, 0.25) is 0 Å². The van der Waals surface area contributed by atoms with Crippen LogP contribution in [0.15, 0.2) is 42.6 Å². The van der Waals surface area contributed by atoms with E-state index in [0.717, 1.165) is 0 Å². The Bertz CT molecular complexity index is 521. The van der Waals surface area contributed by atoms with Crippen molar-refractivity contribution in [2.24, 2.45) is 0 Å². The first-order valence-corrected chi connectivity index (χ1v) is 4.76. The maximum absolute atomic E-state index is 10.6. The average Bonchev–Trinajstić information content (AvgIpc) is 2.52. The summed E-state index contributed by atoms with van der Waals surface area (Å²) in [4.78, 5) is 29.2. The smallest absolute Gasteiger partial charge is 0.573 e. The molecule has 20 heavy (non-hydrogen) atoms. The summed E-state index contributed by atoms with van der Waals surface area (Å²) in [6, 6.07) is 12.7. The summed E-state index contributed by atoms with van der Waals surface area (Å²) in [7, 11) is 0. The summed E-state index contributed by atoms with van der Waals surface area (Å²) >= 11 is 0. The van der Waals surface area contributed by atoms with Gasteiger partial charge in [0.1, 0.15) is 0 Å². The van der Waals surface area contributed by atoms with Crippen LogP contribution in [0.1, 0.15) is 0 Å². The van der Waals surface area contributed by atoms with Gasteiger partial charge in [-0.3, -0.25) is 10.1 Å². The number of rotatable bonds is 2. The number of carbonyl (C=O) groups excluding carboxylic acids is 2. The number of hydrogen-bond acceptors (Lipinski definition) is 5. The Kier molecular flexibility index (Phi) is 11.9. The quantitative estimate of drug-likeness (QED) is 0.397. The van der Waals surface area contributed by atoms with Crippen LogP contribution < -0.4 is 0 Å². The first-order valence-electron chi connectivity index (χ1n) is 4.76. The number of pyridine rings is 1. The van der Waals surface area contributed by atoms with Gasteiger partial charge in [-0.1, -0.05) is 24.3 Å². The van der Waals surface area contributed by atoms with Crippen LogP contribution in [0.3, 0.4) is 0 Å². The maximum Gasteiger partial charge on any atom is 3.00 e. The molecule has 0 aliphatic heterocycles. The number of benzene rings is 1. The molecule has 0 saturated heterocycles. The Balaban J connectivity index is 0. The second-order valence-corrected chi connectivity index (χ2v) is 2.93. The number of non-ortho nitro benzene ring substituents is 1. The van der Waals surface area contributed by atoms with Gasteiger partial charge >= 0.3 is 20.1 Å². The normalized spacial score (nSPS) is 7.80. The Labute approximate surface area is 129 Å². The van der Waals surface area contributed by atoms with Crippen molar-refractivity contribution >= 4 is 19.3 Å². The minimum Gasteiger partial charge on any atom is -0.573 e. The minimum atomic E-state index is -0.430. The number of hydrogen-bond donors (Lipinski definition) is 0. The molecule has 0 bridgehead atoms. The van der Waals surface area contributed by atoms with Crippen molar-refractivity contribution in [2.45, 2.75) is 0 Å². The van der Waals surface area contributed by atoms with Crippen LogP contribution in [-0.4, -0.2) is 23.5 Å². The molecule has 0 saturated carbocycles. The van der Waals surface area contributed by atoms with Crippen molar-refractivity contribution in [3.63, 3.8) is 0 Å². The number of aromatic nitrogens is 1. The van der Waals surface area contributed by atoms with Gasteiger partial charge in [-0.15, -0.1) is 17.7 Å². The van der Waals surface area contributed by atoms with E-state index in [1.54, 1.807) is 18.3 Å². The molecule has 1 aromatic carbocycles. The molecule has 0 N–H and O–H groups in total. The van der Waals surface area contributed by atoms with Gasteiger partial charge in [0.05, 0.1) is 0 Å². The Morgan fingerprint density at radius 2 is 1.80 bits per heavy atom. The molecule has 7 heteroatoms. The van der Waals surface area contributed by atoms with Crippen LogP contribution >= 0.6 is 0 Å². The average molecular weight is 447 g/mol. The van der Waals surface area contributed by atoms with E-state index >= 15 is 0 Å². The van der Waals surface area contributed by atoms with Crippen LogP contribution in [-0.2, 0) is 29.7 Å². The minimum absolute atomic E-state index is 0. The third-order valence-electron chi connectivity index (χ3n) is 1.94. The summed E-state index contributed by atoms with van der Waals surface area (Å²) in [5, 5.41) is 10.6. The zero-order valence-corrected chi connectivity index (χ0v) is 12.3. The largest absolute Gasteiger partial charge is 3.00 e. The molecule has 0 spiro atoms. The molecule has 0 atom stereocenters. The molecule has 102 valence electrons. The van der Waals surface area contributed by atoms with Gasteiger partial charge in [-0.25, -0.2) is 0 Å². The van der Waals surface area contributed by atoms with Crippen LogP contribution in [0.25, 0.3) is 11.3 Å². The molecular formula is C13H7IrN2O4. The van der Waals surface area contributed by atoms with Gasteiger partial charge in [0, 0.05) is 11.1 Å². The molecule has 0 aliphatic carbocycles. The molecule has 6 nitrogen and oxygen atoms in total. The second kappa shape index (κ2) is 11.8. The van der Waals surface area contributed by atoms with Crippen molar-refractivity contribution in [1.29, 1.82) is 0 Å². The van der Waals surface area contributed by atoms with E-state index < -0.39 is 4.92 Å². The first kappa shape index (κ1) is 20.1. The van der Waals surface area contributed by atoms with Crippen LogP contribution in [0.2, 0.25) is 0 Å². The van der Waals surface area contributed by atoms with Crippen molar-refractivity contribution in [3.8, 4) is 11.3 Å².